The van der Waals surface area contributed by atoms with Crippen molar-refractivity contribution in [1.29, 1.82) is 0 Å². The summed E-state index contributed by atoms with van der Waals surface area (Å²) in [5, 5.41) is 3.00. The average molecular weight is 253 g/mol. The van der Waals surface area contributed by atoms with Crippen molar-refractivity contribution in [2.24, 2.45) is 0 Å². The van der Waals surface area contributed by atoms with E-state index in [2.05, 4.69) is 4.98 Å². The lowest BCUT2D eigenvalue weighted by Crippen LogP contribution is -1.83. The van der Waals surface area contributed by atoms with Crippen LogP contribution in [0.25, 0.3) is 10.6 Å². The van der Waals surface area contributed by atoms with Crippen molar-refractivity contribution >= 4 is 11.3 Å². The maximum Gasteiger partial charge on any atom is 0.127 e. The van der Waals surface area contributed by atoms with Crippen LogP contribution in [0.3, 0.4) is 0 Å². The molecule has 3 rings (SSSR count). The summed E-state index contributed by atoms with van der Waals surface area (Å²) in [4.78, 5) is 4.28. The SMILES string of the molecule is c1ccc(Oc2ccc(-c3nccs3)cc2)cc1. The van der Waals surface area contributed by atoms with Crippen LogP contribution in [-0.4, -0.2) is 4.98 Å². The van der Waals surface area contributed by atoms with Crippen molar-refractivity contribution in [1.82, 2.24) is 4.98 Å². The fourth-order valence-corrected chi connectivity index (χ4v) is 2.30. The quantitative estimate of drug-likeness (QED) is 0.680. The highest BCUT2D eigenvalue weighted by atomic mass is 32.1. The monoisotopic (exact) mass is 253 g/mol. The van der Waals surface area contributed by atoms with Crippen LogP contribution in [0.4, 0.5) is 0 Å². The number of ether oxygens (including phenoxy) is 1. The van der Waals surface area contributed by atoms with Gasteiger partial charge in [-0.25, -0.2) is 4.98 Å². The van der Waals surface area contributed by atoms with Crippen molar-refractivity contribution in [3.63, 3.8) is 0 Å². The van der Waals surface area contributed by atoms with Crippen molar-refractivity contribution in [3.05, 3.63) is 66.2 Å². The lowest BCUT2D eigenvalue weighted by atomic mass is 10.2. The predicted octanol–water partition coefficient (Wildman–Crippen LogP) is 4.60. The summed E-state index contributed by atoms with van der Waals surface area (Å²) in [6.07, 6.45) is 1.81. The summed E-state index contributed by atoms with van der Waals surface area (Å²) < 4.78 is 5.73. The van der Waals surface area contributed by atoms with E-state index < -0.39 is 0 Å². The van der Waals surface area contributed by atoms with E-state index in [1.807, 2.05) is 66.2 Å². The van der Waals surface area contributed by atoms with Gasteiger partial charge in [-0.2, -0.15) is 0 Å². The van der Waals surface area contributed by atoms with Gasteiger partial charge in [-0.05, 0) is 36.4 Å². The van der Waals surface area contributed by atoms with Crippen LogP contribution in [0.2, 0.25) is 0 Å². The number of aromatic nitrogens is 1. The fraction of sp³-hybridized carbons (Fsp3) is 0. The highest BCUT2D eigenvalue weighted by Crippen LogP contribution is 2.26. The largest absolute Gasteiger partial charge is 0.457 e. The molecule has 3 aromatic rings. The van der Waals surface area contributed by atoms with Gasteiger partial charge in [0.15, 0.2) is 0 Å². The molecule has 0 saturated carbocycles. The van der Waals surface area contributed by atoms with E-state index in [-0.39, 0.29) is 0 Å². The number of benzene rings is 2. The summed E-state index contributed by atoms with van der Waals surface area (Å²) in [7, 11) is 0. The van der Waals surface area contributed by atoms with Crippen LogP contribution in [0.1, 0.15) is 0 Å². The number of nitrogens with zero attached hydrogens (tertiary/aromatic N) is 1. The zero-order valence-corrected chi connectivity index (χ0v) is 10.4. The third-order valence-electron chi connectivity index (χ3n) is 2.51. The van der Waals surface area contributed by atoms with Crippen LogP contribution in [0.15, 0.2) is 66.2 Å². The molecule has 0 N–H and O–H groups in total. The third-order valence-corrected chi connectivity index (χ3v) is 3.33. The minimum atomic E-state index is 0.835. The Bertz CT molecular complexity index is 603. The Morgan fingerprint density at radius 2 is 1.56 bits per heavy atom. The Labute approximate surface area is 110 Å². The van der Waals surface area contributed by atoms with Crippen LogP contribution < -0.4 is 4.74 Å². The first-order valence-corrected chi connectivity index (χ1v) is 6.52. The Balaban J connectivity index is 1.80. The average Bonchev–Trinajstić information content (AvgIpc) is 2.95. The molecule has 18 heavy (non-hydrogen) atoms. The van der Waals surface area contributed by atoms with Crippen LogP contribution in [-0.2, 0) is 0 Å². The molecule has 0 aliphatic rings. The van der Waals surface area contributed by atoms with E-state index in [0.29, 0.717) is 0 Å². The van der Waals surface area contributed by atoms with Gasteiger partial charge < -0.3 is 4.74 Å². The molecular formula is C15H11NOS. The molecule has 0 saturated heterocycles. The molecule has 1 aromatic heterocycles. The summed E-state index contributed by atoms with van der Waals surface area (Å²) in [6, 6.07) is 17.7. The zero-order chi connectivity index (χ0) is 12.2. The van der Waals surface area contributed by atoms with E-state index in [1.54, 1.807) is 11.3 Å². The molecule has 0 spiro atoms. The van der Waals surface area contributed by atoms with Gasteiger partial charge in [-0.1, -0.05) is 18.2 Å². The summed E-state index contributed by atoms with van der Waals surface area (Å²) in [5.41, 5.74) is 1.12. The molecule has 2 nitrogen and oxygen atoms in total. The smallest absolute Gasteiger partial charge is 0.127 e. The molecule has 0 atom stereocenters. The van der Waals surface area contributed by atoms with E-state index in [1.165, 1.54) is 0 Å². The van der Waals surface area contributed by atoms with Gasteiger partial charge in [0.1, 0.15) is 16.5 Å². The topological polar surface area (TPSA) is 22.1 Å². The maximum atomic E-state index is 5.73. The molecule has 1 heterocycles. The van der Waals surface area contributed by atoms with E-state index in [9.17, 15) is 0 Å². The highest BCUT2D eigenvalue weighted by molar-refractivity contribution is 7.13. The van der Waals surface area contributed by atoms with Crippen molar-refractivity contribution in [2.45, 2.75) is 0 Å². The molecule has 88 valence electrons. The van der Waals surface area contributed by atoms with Crippen molar-refractivity contribution < 1.29 is 4.74 Å². The summed E-state index contributed by atoms with van der Waals surface area (Å²) in [5.74, 6) is 1.68. The first-order valence-electron chi connectivity index (χ1n) is 5.65. The molecule has 0 unspecified atom stereocenters. The van der Waals surface area contributed by atoms with Crippen LogP contribution >= 0.6 is 11.3 Å². The van der Waals surface area contributed by atoms with Gasteiger partial charge in [0.25, 0.3) is 0 Å². The summed E-state index contributed by atoms with van der Waals surface area (Å²) in [6.45, 7) is 0. The second-order valence-corrected chi connectivity index (χ2v) is 4.67. The Kier molecular flexibility index (Phi) is 3.07. The standard InChI is InChI=1S/C15H11NOS/c1-2-4-13(5-3-1)17-14-8-6-12(7-9-14)15-16-10-11-18-15/h1-11H. The Hall–Kier alpha value is -2.13. The highest BCUT2D eigenvalue weighted by Gasteiger charge is 2.01. The second kappa shape index (κ2) is 5.02. The van der Waals surface area contributed by atoms with E-state index in [0.717, 1.165) is 22.1 Å². The van der Waals surface area contributed by atoms with Crippen molar-refractivity contribution in [2.75, 3.05) is 0 Å². The second-order valence-electron chi connectivity index (χ2n) is 3.78. The van der Waals surface area contributed by atoms with Gasteiger partial charge in [-0.3, -0.25) is 0 Å². The van der Waals surface area contributed by atoms with E-state index >= 15 is 0 Å². The number of para-hydroxylation sites is 1. The lowest BCUT2D eigenvalue weighted by molar-refractivity contribution is 0.483. The number of hydrogen-bond donors (Lipinski definition) is 0. The first-order chi connectivity index (χ1) is 8.92. The van der Waals surface area contributed by atoms with Gasteiger partial charge in [0.2, 0.25) is 0 Å². The number of rotatable bonds is 3. The molecule has 0 bridgehead atoms. The number of hydrogen-bond acceptors (Lipinski definition) is 3. The molecule has 0 fully saturated rings. The zero-order valence-electron chi connectivity index (χ0n) is 9.61. The minimum Gasteiger partial charge on any atom is -0.457 e. The maximum absolute atomic E-state index is 5.73. The van der Waals surface area contributed by atoms with Crippen LogP contribution in [0, 0.1) is 0 Å². The van der Waals surface area contributed by atoms with E-state index in [4.69, 9.17) is 4.74 Å². The number of thiazole rings is 1. The van der Waals surface area contributed by atoms with Gasteiger partial charge in [-0.15, -0.1) is 11.3 Å². The Morgan fingerprint density at radius 3 is 2.22 bits per heavy atom. The van der Waals surface area contributed by atoms with Gasteiger partial charge >= 0.3 is 0 Å². The third kappa shape index (κ3) is 2.41. The molecule has 0 aliphatic heterocycles. The fourth-order valence-electron chi connectivity index (χ4n) is 1.66. The molecule has 0 aliphatic carbocycles. The molecular weight excluding hydrogens is 242 g/mol. The van der Waals surface area contributed by atoms with Gasteiger partial charge in [0.05, 0.1) is 0 Å². The van der Waals surface area contributed by atoms with Crippen molar-refractivity contribution in [3.8, 4) is 22.1 Å². The lowest BCUT2D eigenvalue weighted by Gasteiger charge is -2.05. The molecule has 0 radical (unpaired) electrons. The molecule has 3 heteroatoms. The normalized spacial score (nSPS) is 10.2. The Morgan fingerprint density at radius 1 is 0.833 bits per heavy atom. The predicted molar refractivity (Wildman–Crippen MR) is 74.1 cm³/mol. The van der Waals surface area contributed by atoms with Crippen LogP contribution in [0.5, 0.6) is 11.5 Å². The first kappa shape index (κ1) is 11.0. The molecule has 0 amide bonds. The molecule has 2 aromatic carbocycles. The van der Waals surface area contributed by atoms with Gasteiger partial charge in [0, 0.05) is 17.1 Å². The minimum absolute atomic E-state index is 0.835. The summed E-state index contributed by atoms with van der Waals surface area (Å²) >= 11 is 1.63.